The summed E-state index contributed by atoms with van der Waals surface area (Å²) in [5, 5.41) is 0. The van der Waals surface area contributed by atoms with E-state index in [1.54, 1.807) is 19.3 Å². The van der Waals surface area contributed by atoms with Gasteiger partial charge in [0.25, 0.3) is 0 Å². The molecule has 5 heterocycles. The summed E-state index contributed by atoms with van der Waals surface area (Å²) in [5.74, 6) is 0.627. The summed E-state index contributed by atoms with van der Waals surface area (Å²) in [6, 6.07) is 14.3. The third-order valence-electron chi connectivity index (χ3n) is 12.3. The number of benzene rings is 2. The topological polar surface area (TPSA) is 110 Å². The van der Waals surface area contributed by atoms with Crippen LogP contribution in [-0.4, -0.2) is 87.5 Å². The predicted molar refractivity (Wildman–Crippen MR) is 203 cm³/mol. The highest BCUT2D eigenvalue weighted by Gasteiger charge is 2.56. The molecule has 0 atom stereocenters. The number of carbonyl (C=O) groups is 3. The average Bonchev–Trinajstić information content (AvgIpc) is 3.77. The van der Waals surface area contributed by atoms with Gasteiger partial charge in [-0.3, -0.25) is 14.5 Å². The number of anilines is 1. The van der Waals surface area contributed by atoms with Crippen molar-refractivity contribution in [2.24, 2.45) is 5.41 Å². The molecule has 2 aromatic carbocycles. The molecule has 11 heteroatoms. The minimum absolute atomic E-state index is 0.0552. The highest BCUT2D eigenvalue weighted by atomic mass is 16.5. The zero-order chi connectivity index (χ0) is 37.4. The minimum atomic E-state index is -0.648. The second kappa shape index (κ2) is 13.0. The van der Waals surface area contributed by atoms with Gasteiger partial charge in [-0.2, -0.15) is 0 Å². The van der Waals surface area contributed by atoms with Gasteiger partial charge in [-0.25, -0.2) is 14.8 Å². The molecular weight excluding hydrogens is 668 g/mol. The van der Waals surface area contributed by atoms with Crippen molar-refractivity contribution in [2.45, 2.75) is 97.2 Å². The Morgan fingerprint density at radius 3 is 2.38 bits per heavy atom. The molecule has 3 fully saturated rings. The summed E-state index contributed by atoms with van der Waals surface area (Å²) >= 11 is 0. The summed E-state index contributed by atoms with van der Waals surface area (Å²) in [7, 11) is 1.37. The van der Waals surface area contributed by atoms with E-state index in [9.17, 15) is 14.4 Å². The molecule has 4 aliphatic rings. The van der Waals surface area contributed by atoms with E-state index in [2.05, 4.69) is 55.7 Å². The zero-order valence-electron chi connectivity index (χ0n) is 31.9. The van der Waals surface area contributed by atoms with Crippen LogP contribution in [0.2, 0.25) is 0 Å². The Kier molecular flexibility index (Phi) is 8.63. The second-order valence-corrected chi connectivity index (χ2v) is 16.7. The number of pyridine rings is 1. The molecule has 0 N–H and O–H groups in total. The van der Waals surface area contributed by atoms with E-state index in [1.165, 1.54) is 13.5 Å². The van der Waals surface area contributed by atoms with Crippen LogP contribution in [0.1, 0.15) is 94.2 Å². The third-order valence-corrected chi connectivity index (χ3v) is 12.3. The molecule has 4 aromatic rings. The van der Waals surface area contributed by atoms with Gasteiger partial charge in [0.2, 0.25) is 17.7 Å². The standard InChI is InChI=1S/C42H50N6O5/c1-25(2)47-24-43-35-22-34(44-38(37(35)47)53-31-10-8-26(3)32(21-31)39(50)52-7)28-9-11-33-36(18-28)48(30-19-29(20-30)46-15-12-41(5,6)23-46)40(51)42(33)13-16-45(17-14-42)27(4)49/h8-11,18,21-22,24-25,29-30H,12-17,19-20,23H2,1-7H3/t29-,30+. The van der Waals surface area contributed by atoms with E-state index in [-0.39, 0.29) is 23.9 Å². The molecule has 278 valence electrons. The van der Waals surface area contributed by atoms with Gasteiger partial charge >= 0.3 is 5.97 Å². The number of likely N-dealkylation sites (tertiary alicyclic amines) is 2. The number of methoxy groups -OCH3 is 1. The van der Waals surface area contributed by atoms with Crippen LogP contribution in [0.4, 0.5) is 5.69 Å². The van der Waals surface area contributed by atoms with Gasteiger partial charge in [-0.15, -0.1) is 0 Å². The Hall–Kier alpha value is -4.77. The van der Waals surface area contributed by atoms with Crippen LogP contribution in [-0.2, 0) is 19.7 Å². The number of amides is 2. The maximum Gasteiger partial charge on any atom is 0.338 e. The third kappa shape index (κ3) is 5.97. The first kappa shape index (κ1) is 35.3. The van der Waals surface area contributed by atoms with Gasteiger partial charge in [-0.1, -0.05) is 32.0 Å². The first-order chi connectivity index (χ1) is 25.3. The van der Waals surface area contributed by atoms with Crippen molar-refractivity contribution in [3.8, 4) is 22.9 Å². The van der Waals surface area contributed by atoms with Crippen LogP contribution in [0, 0.1) is 12.3 Å². The number of aromatic nitrogens is 3. The molecule has 2 saturated heterocycles. The Morgan fingerprint density at radius 1 is 0.962 bits per heavy atom. The van der Waals surface area contributed by atoms with Crippen molar-refractivity contribution in [3.05, 3.63) is 65.5 Å². The van der Waals surface area contributed by atoms with Crippen LogP contribution in [0.3, 0.4) is 0 Å². The Morgan fingerprint density at radius 2 is 1.72 bits per heavy atom. The maximum atomic E-state index is 14.8. The first-order valence-corrected chi connectivity index (χ1v) is 19.0. The lowest BCUT2D eigenvalue weighted by molar-refractivity contribution is -0.134. The number of nitrogens with zero attached hydrogens (tertiary/aromatic N) is 6. The van der Waals surface area contributed by atoms with Crippen LogP contribution in [0.5, 0.6) is 11.6 Å². The number of esters is 1. The van der Waals surface area contributed by atoms with Crippen molar-refractivity contribution >= 4 is 34.5 Å². The Labute approximate surface area is 311 Å². The van der Waals surface area contributed by atoms with Gasteiger partial charge in [0, 0.05) is 55.9 Å². The number of rotatable bonds is 7. The number of aryl methyl sites for hydroxylation is 1. The van der Waals surface area contributed by atoms with Gasteiger partial charge in [0.05, 0.1) is 35.6 Å². The number of imidazole rings is 1. The first-order valence-electron chi connectivity index (χ1n) is 19.0. The van der Waals surface area contributed by atoms with Gasteiger partial charge in [-0.05, 0) is 100 Å². The van der Waals surface area contributed by atoms with Crippen molar-refractivity contribution in [1.82, 2.24) is 24.3 Å². The minimum Gasteiger partial charge on any atom is -0.465 e. The van der Waals surface area contributed by atoms with Crippen LogP contribution in [0.15, 0.2) is 48.8 Å². The summed E-state index contributed by atoms with van der Waals surface area (Å²) < 4.78 is 13.6. The largest absolute Gasteiger partial charge is 0.465 e. The molecule has 3 aliphatic heterocycles. The monoisotopic (exact) mass is 718 g/mol. The molecule has 1 aliphatic carbocycles. The SMILES string of the molecule is COC(=O)c1cc(Oc2nc(-c3ccc4c(c3)N([C@H]3C[C@@H](N5CCC(C)(C)C5)C3)C(=O)C43CCN(C(C)=O)CC3)cc3ncn(C(C)C)c23)ccc1C. The van der Waals surface area contributed by atoms with Crippen molar-refractivity contribution < 1.29 is 23.9 Å². The quantitative estimate of drug-likeness (QED) is 0.187. The van der Waals surface area contributed by atoms with E-state index in [4.69, 9.17) is 19.4 Å². The second-order valence-electron chi connectivity index (χ2n) is 16.7. The van der Waals surface area contributed by atoms with E-state index in [1.807, 2.05) is 34.6 Å². The molecule has 1 spiro atoms. The van der Waals surface area contributed by atoms with Gasteiger partial charge in [0.1, 0.15) is 11.3 Å². The summed E-state index contributed by atoms with van der Waals surface area (Å²) in [4.78, 5) is 56.1. The van der Waals surface area contributed by atoms with Crippen molar-refractivity contribution in [2.75, 3.05) is 38.2 Å². The highest BCUT2D eigenvalue weighted by Crippen LogP contribution is 2.52. The lowest BCUT2D eigenvalue weighted by atomic mass is 9.73. The molecule has 0 radical (unpaired) electrons. The fourth-order valence-corrected chi connectivity index (χ4v) is 9.08. The normalized spacial score (nSPS) is 22.1. The number of ether oxygens (including phenoxy) is 2. The molecule has 0 unspecified atom stereocenters. The van der Waals surface area contributed by atoms with Crippen LogP contribution >= 0.6 is 0 Å². The van der Waals surface area contributed by atoms with Gasteiger partial charge in [0.15, 0.2) is 0 Å². The van der Waals surface area contributed by atoms with E-state index >= 15 is 0 Å². The summed E-state index contributed by atoms with van der Waals surface area (Å²) in [6.45, 7) is 15.7. The lowest BCUT2D eigenvalue weighted by Crippen LogP contribution is -2.57. The smallest absolute Gasteiger partial charge is 0.338 e. The number of hydrogen-bond acceptors (Lipinski definition) is 8. The fourth-order valence-electron chi connectivity index (χ4n) is 9.08. The Balaban J connectivity index is 1.18. The highest BCUT2D eigenvalue weighted by molar-refractivity contribution is 6.09. The Bertz CT molecular complexity index is 2120. The number of fused-ring (bicyclic) bond motifs is 3. The fraction of sp³-hybridized carbons (Fsp3) is 0.500. The van der Waals surface area contributed by atoms with Crippen LogP contribution in [0.25, 0.3) is 22.3 Å². The number of piperidine rings is 1. The molecule has 11 nitrogen and oxygen atoms in total. The lowest BCUT2D eigenvalue weighted by Gasteiger charge is -2.46. The van der Waals surface area contributed by atoms with E-state index in [0.717, 1.165) is 59.3 Å². The molecule has 0 bridgehead atoms. The van der Waals surface area contributed by atoms with E-state index < -0.39 is 11.4 Å². The van der Waals surface area contributed by atoms with Crippen molar-refractivity contribution in [1.29, 1.82) is 0 Å². The number of hydrogen-bond donors (Lipinski definition) is 0. The van der Waals surface area contributed by atoms with Crippen LogP contribution < -0.4 is 9.64 Å². The van der Waals surface area contributed by atoms with Gasteiger partial charge < -0.3 is 23.8 Å². The molecule has 2 amide bonds. The van der Waals surface area contributed by atoms with Crippen molar-refractivity contribution in [3.63, 3.8) is 0 Å². The molecular formula is C42H50N6O5. The molecule has 53 heavy (non-hydrogen) atoms. The molecule has 1 saturated carbocycles. The predicted octanol–water partition coefficient (Wildman–Crippen LogP) is 7.06. The molecule has 2 aromatic heterocycles. The van der Waals surface area contributed by atoms with E-state index in [0.29, 0.717) is 60.3 Å². The maximum absolute atomic E-state index is 14.8. The summed E-state index contributed by atoms with van der Waals surface area (Å²) in [6.07, 6.45) is 6.15. The molecule has 8 rings (SSSR count). The summed E-state index contributed by atoms with van der Waals surface area (Å²) in [5.41, 5.74) is 5.92. The average molecular weight is 719 g/mol. The number of carbonyl (C=O) groups excluding carboxylic acids is 3. The zero-order valence-corrected chi connectivity index (χ0v) is 31.9.